The molecule has 6 nitrogen and oxygen atoms in total. The second kappa shape index (κ2) is 9.85. The summed E-state index contributed by atoms with van der Waals surface area (Å²) < 4.78 is 6.02. The summed E-state index contributed by atoms with van der Waals surface area (Å²) >= 11 is 0. The Bertz CT molecular complexity index is 876. The van der Waals surface area contributed by atoms with Crippen LogP contribution in [-0.4, -0.2) is 30.4 Å². The van der Waals surface area contributed by atoms with Crippen molar-refractivity contribution in [2.75, 3.05) is 6.61 Å². The van der Waals surface area contributed by atoms with Crippen molar-refractivity contribution < 1.29 is 14.3 Å². The van der Waals surface area contributed by atoms with Gasteiger partial charge in [-0.15, -0.1) is 0 Å². The van der Waals surface area contributed by atoms with Gasteiger partial charge < -0.3 is 10.1 Å². The van der Waals surface area contributed by atoms with Gasteiger partial charge >= 0.3 is 6.03 Å². The Labute approximate surface area is 177 Å². The van der Waals surface area contributed by atoms with Crippen LogP contribution in [0.5, 0.6) is 0 Å². The molecule has 0 saturated carbocycles. The Kier molecular flexibility index (Phi) is 6.74. The van der Waals surface area contributed by atoms with Gasteiger partial charge in [0.2, 0.25) is 5.91 Å². The van der Waals surface area contributed by atoms with Crippen LogP contribution in [0.2, 0.25) is 0 Å². The molecule has 0 fully saturated rings. The SMILES string of the molecule is O=C(NC(=O)C1C=CC=CC1)NC1=CCC(OCC2=NC3=C(CCCC3)CC2)C=C1. The fraction of sp³-hybridized carbons (Fsp3) is 0.458. The van der Waals surface area contributed by atoms with Crippen molar-refractivity contribution in [1.82, 2.24) is 10.6 Å². The summed E-state index contributed by atoms with van der Waals surface area (Å²) in [6.07, 6.45) is 21.4. The van der Waals surface area contributed by atoms with Gasteiger partial charge in [-0.05, 0) is 63.0 Å². The summed E-state index contributed by atoms with van der Waals surface area (Å²) in [5.74, 6) is -0.586. The molecule has 0 aromatic rings. The molecule has 0 saturated heterocycles. The van der Waals surface area contributed by atoms with Crippen molar-refractivity contribution in [2.45, 2.75) is 57.5 Å². The maximum Gasteiger partial charge on any atom is 0.325 e. The van der Waals surface area contributed by atoms with Crippen molar-refractivity contribution in [2.24, 2.45) is 10.9 Å². The average Bonchev–Trinajstić information content (AvgIpc) is 2.79. The van der Waals surface area contributed by atoms with Gasteiger partial charge in [-0.2, -0.15) is 0 Å². The third-order valence-electron chi connectivity index (χ3n) is 5.90. The molecule has 3 aliphatic carbocycles. The number of amides is 3. The average molecular weight is 408 g/mol. The minimum Gasteiger partial charge on any atom is -0.368 e. The molecule has 158 valence electrons. The molecule has 4 rings (SSSR count). The first-order valence-corrected chi connectivity index (χ1v) is 10.9. The normalized spacial score (nSPS) is 25.3. The first kappa shape index (κ1) is 20.5. The Hall–Kier alpha value is -2.73. The molecule has 4 aliphatic rings. The monoisotopic (exact) mass is 407 g/mol. The Morgan fingerprint density at radius 2 is 1.97 bits per heavy atom. The highest BCUT2D eigenvalue weighted by atomic mass is 16.5. The van der Waals surface area contributed by atoms with E-state index in [1.54, 1.807) is 11.6 Å². The number of hydrogen-bond acceptors (Lipinski definition) is 4. The van der Waals surface area contributed by atoms with Gasteiger partial charge in [0.25, 0.3) is 0 Å². The molecule has 2 atom stereocenters. The maximum atomic E-state index is 12.1. The van der Waals surface area contributed by atoms with Gasteiger partial charge in [-0.1, -0.05) is 36.5 Å². The lowest BCUT2D eigenvalue weighted by atomic mass is 9.90. The lowest BCUT2D eigenvalue weighted by Crippen LogP contribution is -2.41. The summed E-state index contributed by atoms with van der Waals surface area (Å²) in [5, 5.41) is 5.12. The van der Waals surface area contributed by atoms with Crippen LogP contribution in [0.4, 0.5) is 4.79 Å². The third kappa shape index (κ3) is 5.45. The lowest BCUT2D eigenvalue weighted by Gasteiger charge is -2.24. The number of carbonyl (C=O) groups excluding carboxylic acids is 2. The van der Waals surface area contributed by atoms with Gasteiger partial charge in [0.1, 0.15) is 0 Å². The zero-order valence-electron chi connectivity index (χ0n) is 17.2. The molecular formula is C24H29N3O3. The van der Waals surface area contributed by atoms with E-state index >= 15 is 0 Å². The summed E-state index contributed by atoms with van der Waals surface area (Å²) in [7, 11) is 0. The molecule has 3 amide bonds. The summed E-state index contributed by atoms with van der Waals surface area (Å²) in [6, 6.07) is -0.508. The minimum atomic E-state index is -0.508. The number of ether oxygens (including phenoxy) is 1. The highest BCUT2D eigenvalue weighted by Gasteiger charge is 2.20. The highest BCUT2D eigenvalue weighted by Crippen LogP contribution is 2.32. The topological polar surface area (TPSA) is 79.8 Å². The van der Waals surface area contributed by atoms with Gasteiger partial charge in [0.15, 0.2) is 0 Å². The number of allylic oxidation sites excluding steroid dienone is 6. The van der Waals surface area contributed by atoms with Crippen LogP contribution in [0.3, 0.4) is 0 Å². The molecule has 6 heteroatoms. The molecule has 0 aromatic carbocycles. The van der Waals surface area contributed by atoms with Crippen molar-refractivity contribution in [1.29, 1.82) is 0 Å². The van der Waals surface area contributed by atoms with E-state index in [-0.39, 0.29) is 17.9 Å². The molecule has 30 heavy (non-hydrogen) atoms. The number of nitrogens with zero attached hydrogens (tertiary/aromatic N) is 1. The van der Waals surface area contributed by atoms with Crippen molar-refractivity contribution in [3.63, 3.8) is 0 Å². The van der Waals surface area contributed by atoms with E-state index in [9.17, 15) is 9.59 Å². The van der Waals surface area contributed by atoms with E-state index in [1.807, 2.05) is 36.5 Å². The van der Waals surface area contributed by atoms with Crippen molar-refractivity contribution >= 4 is 17.6 Å². The number of nitrogens with one attached hydrogen (secondary N) is 2. The van der Waals surface area contributed by atoms with Crippen molar-refractivity contribution in [3.8, 4) is 0 Å². The van der Waals surface area contributed by atoms with E-state index in [4.69, 9.17) is 9.73 Å². The van der Waals surface area contributed by atoms with Gasteiger partial charge in [-0.3, -0.25) is 15.1 Å². The number of imide groups is 1. The van der Waals surface area contributed by atoms with Gasteiger partial charge in [0, 0.05) is 17.1 Å². The number of carbonyl (C=O) groups is 2. The molecule has 2 N–H and O–H groups in total. The second-order valence-corrected chi connectivity index (χ2v) is 8.14. The number of rotatable bonds is 5. The first-order chi connectivity index (χ1) is 14.7. The van der Waals surface area contributed by atoms with E-state index < -0.39 is 6.03 Å². The second-order valence-electron chi connectivity index (χ2n) is 8.14. The molecule has 0 radical (unpaired) electrons. The predicted octanol–water partition coefficient (Wildman–Crippen LogP) is 4.24. The van der Waals surface area contributed by atoms with Gasteiger partial charge in [-0.25, -0.2) is 4.79 Å². The van der Waals surface area contributed by atoms with Crippen LogP contribution >= 0.6 is 0 Å². The zero-order chi connectivity index (χ0) is 20.8. The van der Waals surface area contributed by atoms with Crippen LogP contribution in [0.25, 0.3) is 0 Å². The van der Waals surface area contributed by atoms with E-state index in [0.717, 1.165) is 25.0 Å². The summed E-state index contributed by atoms with van der Waals surface area (Å²) in [6.45, 7) is 0.556. The quantitative estimate of drug-likeness (QED) is 0.715. The fourth-order valence-electron chi connectivity index (χ4n) is 4.16. The Balaban J connectivity index is 1.19. The summed E-state index contributed by atoms with van der Waals surface area (Å²) in [4.78, 5) is 29.0. The van der Waals surface area contributed by atoms with E-state index in [1.165, 1.54) is 25.0 Å². The van der Waals surface area contributed by atoms with Crippen LogP contribution < -0.4 is 10.6 Å². The number of urea groups is 1. The standard InChI is InChI=1S/C24H29N3O3/c28-23(18-7-2-1-3-8-18)27-24(29)26-19-12-14-21(15-13-19)30-16-20-11-10-17-6-4-5-9-22(17)25-20/h1-3,7,12-14,18,21H,4-6,8-11,15-16H2,(H2,26,27,28,29). The largest absolute Gasteiger partial charge is 0.368 e. The van der Waals surface area contributed by atoms with Crippen molar-refractivity contribution in [3.05, 3.63) is 59.5 Å². The molecule has 1 heterocycles. The fourth-order valence-corrected chi connectivity index (χ4v) is 4.16. The van der Waals surface area contributed by atoms with E-state index in [0.29, 0.717) is 25.1 Å². The number of hydrogen-bond donors (Lipinski definition) is 2. The highest BCUT2D eigenvalue weighted by molar-refractivity contribution is 5.97. The molecule has 2 unspecified atom stereocenters. The molecule has 0 spiro atoms. The third-order valence-corrected chi connectivity index (χ3v) is 5.90. The minimum absolute atomic E-state index is 0.0242. The molecular weight excluding hydrogens is 378 g/mol. The van der Waals surface area contributed by atoms with Crippen LogP contribution in [0.15, 0.2) is 64.5 Å². The smallest absolute Gasteiger partial charge is 0.325 e. The van der Waals surface area contributed by atoms with E-state index in [2.05, 4.69) is 10.6 Å². The Morgan fingerprint density at radius 3 is 2.77 bits per heavy atom. The van der Waals surface area contributed by atoms with Gasteiger partial charge in [0.05, 0.1) is 18.6 Å². The molecule has 1 aliphatic heterocycles. The van der Waals surface area contributed by atoms with Crippen LogP contribution in [0.1, 0.15) is 51.4 Å². The lowest BCUT2D eigenvalue weighted by molar-refractivity contribution is -0.122. The molecule has 0 aromatic heterocycles. The predicted molar refractivity (Wildman–Crippen MR) is 117 cm³/mol. The number of aliphatic imine (C=N–C) groups is 1. The summed E-state index contributed by atoms with van der Waals surface area (Å²) in [5.41, 5.74) is 4.67. The zero-order valence-corrected chi connectivity index (χ0v) is 17.2. The first-order valence-electron chi connectivity index (χ1n) is 10.9. The van der Waals surface area contributed by atoms with Crippen LogP contribution in [0, 0.1) is 5.92 Å². The van der Waals surface area contributed by atoms with Crippen LogP contribution in [-0.2, 0) is 9.53 Å². The maximum absolute atomic E-state index is 12.1. The Morgan fingerprint density at radius 1 is 1.07 bits per heavy atom. The molecule has 0 bridgehead atoms.